The molecule has 2 aliphatic rings. The molecule has 0 aromatic heterocycles. The van der Waals surface area contributed by atoms with Crippen LogP contribution in [-0.4, -0.2) is 45.6 Å². The third-order valence-corrected chi connectivity index (χ3v) is 7.21. The van der Waals surface area contributed by atoms with E-state index in [1.807, 2.05) is 20.8 Å². The Morgan fingerprint density at radius 2 is 1.94 bits per heavy atom. The van der Waals surface area contributed by atoms with Crippen LogP contribution in [0.3, 0.4) is 0 Å². The average Bonchev–Trinajstić information content (AvgIpc) is 2.72. The molecule has 182 valence electrons. The van der Waals surface area contributed by atoms with E-state index in [9.17, 15) is 19.8 Å². The number of carbonyl (C=O) groups excluding carboxylic acids is 2. The van der Waals surface area contributed by atoms with Crippen LogP contribution in [0.4, 0.5) is 0 Å². The normalized spacial score (nSPS) is 29.5. The first-order chi connectivity index (χ1) is 15.0. The van der Waals surface area contributed by atoms with Gasteiger partial charge in [-0.2, -0.15) is 0 Å². The van der Waals surface area contributed by atoms with E-state index < -0.39 is 23.5 Å². The number of ether oxygens (including phenoxy) is 1. The summed E-state index contributed by atoms with van der Waals surface area (Å²) in [4.78, 5) is 24.1. The molecule has 0 aromatic rings. The van der Waals surface area contributed by atoms with Crippen LogP contribution in [0.2, 0.25) is 0 Å². The van der Waals surface area contributed by atoms with Gasteiger partial charge in [-0.05, 0) is 69.3 Å². The zero-order valence-corrected chi connectivity index (χ0v) is 20.1. The van der Waals surface area contributed by atoms with Crippen molar-refractivity contribution in [1.82, 2.24) is 5.48 Å². The Labute approximate surface area is 191 Å². The molecule has 7 atom stereocenters. The van der Waals surface area contributed by atoms with Crippen LogP contribution in [0.1, 0.15) is 73.1 Å². The number of amides is 1. The van der Waals surface area contributed by atoms with Gasteiger partial charge in [0, 0.05) is 5.92 Å². The van der Waals surface area contributed by atoms with Crippen LogP contribution >= 0.6 is 0 Å². The molecule has 0 bridgehead atoms. The highest BCUT2D eigenvalue weighted by Gasteiger charge is 2.42. The van der Waals surface area contributed by atoms with E-state index in [1.165, 1.54) is 11.1 Å². The predicted octanol–water partition coefficient (Wildman–Crippen LogP) is 3.53. The minimum atomic E-state index is -1.02. The van der Waals surface area contributed by atoms with Crippen LogP contribution in [-0.2, 0) is 14.3 Å². The molecule has 7 heteroatoms. The Hall–Kier alpha value is -1.70. The van der Waals surface area contributed by atoms with E-state index in [4.69, 9.17) is 9.94 Å². The van der Waals surface area contributed by atoms with Crippen LogP contribution in [0.15, 0.2) is 23.8 Å². The molecule has 1 amide bonds. The minimum absolute atomic E-state index is 0.0673. The van der Waals surface area contributed by atoms with Gasteiger partial charge in [0.15, 0.2) is 0 Å². The maximum absolute atomic E-state index is 12.9. The number of hydroxylamine groups is 1. The average molecular weight is 452 g/mol. The molecule has 2 rings (SSSR count). The lowest BCUT2D eigenvalue weighted by atomic mass is 9.65. The van der Waals surface area contributed by atoms with Crippen molar-refractivity contribution in [2.45, 2.75) is 91.5 Å². The van der Waals surface area contributed by atoms with Gasteiger partial charge >= 0.3 is 5.97 Å². The van der Waals surface area contributed by atoms with Crippen LogP contribution < -0.4 is 5.48 Å². The summed E-state index contributed by atoms with van der Waals surface area (Å²) in [6, 6.07) is 0. The molecule has 4 N–H and O–H groups in total. The van der Waals surface area contributed by atoms with Gasteiger partial charge < -0.3 is 14.9 Å². The number of carbonyl (C=O) groups is 2. The maximum Gasteiger partial charge on any atom is 0.311 e. The first-order valence-corrected chi connectivity index (χ1v) is 11.9. The summed E-state index contributed by atoms with van der Waals surface area (Å²) in [5.74, 6) is 0.0317. The summed E-state index contributed by atoms with van der Waals surface area (Å²) >= 11 is 0. The number of aliphatic hydroxyl groups is 2. The second-order valence-electron chi connectivity index (χ2n) is 10.3. The Kier molecular flexibility index (Phi) is 9.49. The maximum atomic E-state index is 12.9. The van der Waals surface area contributed by atoms with Crippen LogP contribution in [0.25, 0.3) is 0 Å². The monoisotopic (exact) mass is 451 g/mol. The van der Waals surface area contributed by atoms with Gasteiger partial charge in [0.05, 0.1) is 24.0 Å². The van der Waals surface area contributed by atoms with E-state index in [0.717, 1.165) is 6.42 Å². The van der Waals surface area contributed by atoms with Gasteiger partial charge in [0.2, 0.25) is 5.91 Å². The number of allylic oxidation sites excluding steroid dienone is 3. The number of fused-ring (bicyclic) bond motifs is 1. The van der Waals surface area contributed by atoms with Gasteiger partial charge in [-0.25, -0.2) is 5.48 Å². The number of hydrogen-bond donors (Lipinski definition) is 4. The van der Waals surface area contributed by atoms with Gasteiger partial charge in [-0.3, -0.25) is 14.8 Å². The summed E-state index contributed by atoms with van der Waals surface area (Å²) in [5.41, 5.74) is 2.17. The Balaban J connectivity index is 2.10. The standard InChI is InChI=1S/C25H41NO6/c1-6-25(4,5)24(30)32-21-12-15(2)11-17-8-7-16(3)20(23(17)21)10-9-18(27)13-19(28)14-22(29)26-31/h7-8,11,15-16,18-21,23,27-28,31H,6,9-10,12-14H2,1-5H3,(H,26,29)/t15-,16-,18?,19?,20-,21-,23-/m0/s1. The molecule has 0 spiro atoms. The van der Waals surface area contributed by atoms with Crippen molar-refractivity contribution in [1.29, 1.82) is 0 Å². The zero-order valence-electron chi connectivity index (χ0n) is 20.1. The Morgan fingerprint density at radius 3 is 2.56 bits per heavy atom. The van der Waals surface area contributed by atoms with Crippen molar-refractivity contribution >= 4 is 11.9 Å². The Morgan fingerprint density at radius 1 is 1.25 bits per heavy atom. The third kappa shape index (κ3) is 6.90. The molecule has 0 fully saturated rings. The first-order valence-electron chi connectivity index (χ1n) is 11.9. The molecule has 0 radical (unpaired) electrons. The highest BCUT2D eigenvalue weighted by molar-refractivity contribution is 5.76. The first kappa shape index (κ1) is 26.6. The molecule has 2 aliphatic carbocycles. The fourth-order valence-electron chi connectivity index (χ4n) is 4.82. The third-order valence-electron chi connectivity index (χ3n) is 7.21. The molecular weight excluding hydrogens is 410 g/mol. The molecule has 32 heavy (non-hydrogen) atoms. The number of hydrogen-bond acceptors (Lipinski definition) is 6. The zero-order chi connectivity index (χ0) is 24.1. The van der Waals surface area contributed by atoms with Crippen molar-refractivity contribution in [3.8, 4) is 0 Å². The van der Waals surface area contributed by atoms with Gasteiger partial charge in [-0.1, -0.05) is 39.0 Å². The largest absolute Gasteiger partial charge is 0.461 e. The van der Waals surface area contributed by atoms with Gasteiger partial charge in [0.25, 0.3) is 0 Å². The molecule has 0 aromatic carbocycles. The molecule has 7 nitrogen and oxygen atoms in total. The van der Waals surface area contributed by atoms with Crippen LogP contribution in [0, 0.1) is 29.1 Å². The molecule has 0 saturated heterocycles. The fourth-order valence-corrected chi connectivity index (χ4v) is 4.82. The quantitative estimate of drug-likeness (QED) is 0.229. The summed E-state index contributed by atoms with van der Waals surface area (Å²) < 4.78 is 6.11. The smallest absolute Gasteiger partial charge is 0.311 e. The SMILES string of the molecule is CCC(C)(C)C(=O)O[C@H]1C[C@@H](C)C=C2C=C[C@H](C)[C@H](CCC(O)CC(O)CC(=O)NO)[C@H]21. The summed E-state index contributed by atoms with van der Waals surface area (Å²) in [5, 5.41) is 29.0. The van der Waals surface area contributed by atoms with Gasteiger partial charge in [-0.15, -0.1) is 0 Å². The minimum Gasteiger partial charge on any atom is -0.461 e. The van der Waals surface area contributed by atoms with Crippen molar-refractivity contribution in [3.05, 3.63) is 23.8 Å². The van der Waals surface area contributed by atoms with Crippen molar-refractivity contribution in [2.24, 2.45) is 29.1 Å². The summed E-state index contributed by atoms with van der Waals surface area (Å²) in [7, 11) is 0. The fraction of sp³-hybridized carbons (Fsp3) is 0.760. The number of esters is 1. The highest BCUT2D eigenvalue weighted by Crippen LogP contribution is 2.45. The van der Waals surface area contributed by atoms with E-state index >= 15 is 0 Å². The second kappa shape index (κ2) is 11.4. The number of nitrogens with one attached hydrogen (secondary N) is 1. The second-order valence-corrected chi connectivity index (χ2v) is 10.3. The molecular formula is C25H41NO6. The van der Waals surface area contributed by atoms with Crippen molar-refractivity contribution in [2.75, 3.05) is 0 Å². The molecule has 0 saturated carbocycles. The van der Waals surface area contributed by atoms with Crippen LogP contribution in [0.5, 0.6) is 0 Å². The lowest BCUT2D eigenvalue weighted by molar-refractivity contribution is -0.164. The van der Waals surface area contributed by atoms with Gasteiger partial charge in [0.1, 0.15) is 6.10 Å². The topological polar surface area (TPSA) is 116 Å². The predicted molar refractivity (Wildman–Crippen MR) is 122 cm³/mol. The van der Waals surface area contributed by atoms with Crippen molar-refractivity contribution in [3.63, 3.8) is 0 Å². The molecule has 2 unspecified atom stereocenters. The molecule has 0 heterocycles. The van der Waals surface area contributed by atoms with E-state index in [2.05, 4.69) is 32.1 Å². The lowest BCUT2D eigenvalue weighted by Crippen LogP contribution is -2.43. The molecule has 0 aliphatic heterocycles. The Bertz CT molecular complexity index is 715. The lowest BCUT2D eigenvalue weighted by Gasteiger charge is -2.44. The van der Waals surface area contributed by atoms with E-state index in [0.29, 0.717) is 25.2 Å². The summed E-state index contributed by atoms with van der Waals surface area (Å²) in [6.07, 6.45) is 7.13. The number of rotatable bonds is 10. The van der Waals surface area contributed by atoms with Crippen molar-refractivity contribution < 1.29 is 29.7 Å². The van der Waals surface area contributed by atoms with E-state index in [1.54, 1.807) is 0 Å². The van der Waals surface area contributed by atoms with E-state index in [-0.39, 0.29) is 42.7 Å². The highest BCUT2D eigenvalue weighted by atomic mass is 16.5. The number of aliphatic hydroxyl groups excluding tert-OH is 2. The summed E-state index contributed by atoms with van der Waals surface area (Å²) in [6.45, 7) is 10.1.